The molecule has 0 aliphatic heterocycles. The van der Waals surface area contributed by atoms with Crippen LogP contribution < -0.4 is 0 Å². The molecule has 1 rings (SSSR count). The minimum atomic E-state index is -0.328. The van der Waals surface area contributed by atoms with Gasteiger partial charge >= 0.3 is 5.97 Å². The number of methoxy groups -OCH3 is 1. The van der Waals surface area contributed by atoms with Crippen molar-refractivity contribution in [2.45, 2.75) is 26.8 Å². The van der Waals surface area contributed by atoms with E-state index >= 15 is 0 Å². The first kappa shape index (κ1) is 16.5. The Bertz CT molecular complexity index is 474. The van der Waals surface area contributed by atoms with Gasteiger partial charge in [-0.1, -0.05) is 43.6 Å². The number of halogens is 1. The third kappa shape index (κ3) is 4.85. The second kappa shape index (κ2) is 7.90. The second-order valence-corrected chi connectivity index (χ2v) is 5.24. The van der Waals surface area contributed by atoms with Gasteiger partial charge in [-0.3, -0.25) is 9.59 Å². The Morgan fingerprint density at radius 3 is 2.50 bits per heavy atom. The van der Waals surface area contributed by atoms with Crippen LogP contribution in [0.4, 0.5) is 0 Å². The molecule has 1 amide bonds. The number of ether oxygens (including phenoxy) is 1. The smallest absolute Gasteiger partial charge is 0.307 e. The SMILES string of the molecule is COC(=O)CCN(Cc1ccccc1Cl)C(=O)C(C)C. The van der Waals surface area contributed by atoms with Gasteiger partial charge in [-0.15, -0.1) is 0 Å². The van der Waals surface area contributed by atoms with Crippen molar-refractivity contribution in [1.29, 1.82) is 0 Å². The highest BCUT2D eigenvalue weighted by Crippen LogP contribution is 2.18. The highest BCUT2D eigenvalue weighted by Gasteiger charge is 2.19. The molecule has 0 aliphatic rings. The quantitative estimate of drug-likeness (QED) is 0.759. The van der Waals surface area contributed by atoms with Gasteiger partial charge < -0.3 is 9.64 Å². The lowest BCUT2D eigenvalue weighted by atomic mass is 10.1. The topological polar surface area (TPSA) is 46.6 Å². The van der Waals surface area contributed by atoms with Gasteiger partial charge in [0.1, 0.15) is 0 Å². The molecule has 0 fully saturated rings. The molecule has 0 radical (unpaired) electrons. The van der Waals surface area contributed by atoms with Crippen LogP contribution in [0.25, 0.3) is 0 Å². The van der Waals surface area contributed by atoms with E-state index < -0.39 is 0 Å². The third-order valence-electron chi connectivity index (χ3n) is 2.94. The number of benzene rings is 1. The second-order valence-electron chi connectivity index (χ2n) is 4.83. The van der Waals surface area contributed by atoms with E-state index in [4.69, 9.17) is 11.6 Å². The largest absolute Gasteiger partial charge is 0.469 e. The van der Waals surface area contributed by atoms with Gasteiger partial charge in [0, 0.05) is 24.0 Å². The third-order valence-corrected chi connectivity index (χ3v) is 3.31. The summed E-state index contributed by atoms with van der Waals surface area (Å²) in [6.07, 6.45) is 0.180. The molecule has 110 valence electrons. The Hall–Kier alpha value is -1.55. The number of nitrogens with zero attached hydrogens (tertiary/aromatic N) is 1. The fraction of sp³-hybridized carbons (Fsp3) is 0.467. The number of esters is 1. The average Bonchev–Trinajstić information content (AvgIpc) is 2.44. The molecule has 4 nitrogen and oxygen atoms in total. The fourth-order valence-corrected chi connectivity index (χ4v) is 1.99. The van der Waals surface area contributed by atoms with Crippen molar-refractivity contribution in [2.24, 2.45) is 5.92 Å². The van der Waals surface area contributed by atoms with Crippen LogP contribution >= 0.6 is 11.6 Å². The van der Waals surface area contributed by atoms with Gasteiger partial charge in [-0.25, -0.2) is 0 Å². The molecule has 0 aromatic heterocycles. The summed E-state index contributed by atoms with van der Waals surface area (Å²) in [7, 11) is 1.34. The Labute approximate surface area is 124 Å². The number of amides is 1. The lowest BCUT2D eigenvalue weighted by Gasteiger charge is -2.24. The molecule has 0 unspecified atom stereocenters. The molecular formula is C15H20ClNO3. The van der Waals surface area contributed by atoms with E-state index in [9.17, 15) is 9.59 Å². The fourth-order valence-electron chi connectivity index (χ4n) is 1.79. The van der Waals surface area contributed by atoms with Crippen LogP contribution in [0.3, 0.4) is 0 Å². The molecular weight excluding hydrogens is 278 g/mol. The van der Waals surface area contributed by atoms with Crippen molar-refractivity contribution in [3.05, 3.63) is 34.9 Å². The Kier molecular flexibility index (Phi) is 6.52. The summed E-state index contributed by atoms with van der Waals surface area (Å²) in [6, 6.07) is 7.38. The lowest BCUT2D eigenvalue weighted by Crippen LogP contribution is -2.35. The van der Waals surface area contributed by atoms with E-state index in [-0.39, 0.29) is 24.2 Å². The Balaban J connectivity index is 2.80. The molecule has 0 spiro atoms. The standard InChI is InChI=1S/C15H20ClNO3/c1-11(2)15(19)17(9-8-14(18)20-3)10-12-6-4-5-7-13(12)16/h4-7,11H,8-10H2,1-3H3. The van der Waals surface area contributed by atoms with Gasteiger partial charge in [0.15, 0.2) is 0 Å². The number of hydrogen-bond acceptors (Lipinski definition) is 3. The maximum Gasteiger partial charge on any atom is 0.307 e. The van der Waals surface area contributed by atoms with Gasteiger partial charge in [-0.05, 0) is 11.6 Å². The molecule has 0 saturated heterocycles. The van der Waals surface area contributed by atoms with E-state index in [0.717, 1.165) is 5.56 Å². The monoisotopic (exact) mass is 297 g/mol. The maximum atomic E-state index is 12.2. The van der Waals surface area contributed by atoms with Crippen molar-refractivity contribution in [3.8, 4) is 0 Å². The molecule has 5 heteroatoms. The van der Waals surface area contributed by atoms with Crippen molar-refractivity contribution in [1.82, 2.24) is 4.90 Å². The molecule has 0 saturated carbocycles. The van der Waals surface area contributed by atoms with Crippen LogP contribution in [-0.4, -0.2) is 30.4 Å². The molecule has 1 aromatic rings. The maximum absolute atomic E-state index is 12.2. The molecule has 0 atom stereocenters. The zero-order valence-electron chi connectivity index (χ0n) is 12.1. The van der Waals surface area contributed by atoms with Crippen LogP contribution in [0.5, 0.6) is 0 Å². The summed E-state index contributed by atoms with van der Waals surface area (Å²) in [5.74, 6) is -0.463. The first-order valence-corrected chi connectivity index (χ1v) is 6.92. The van der Waals surface area contributed by atoms with Gasteiger partial charge in [0.05, 0.1) is 13.5 Å². The summed E-state index contributed by atoms with van der Waals surface area (Å²) in [5, 5.41) is 0.618. The van der Waals surface area contributed by atoms with Crippen molar-refractivity contribution in [2.75, 3.05) is 13.7 Å². The lowest BCUT2D eigenvalue weighted by molar-refractivity contribution is -0.142. The van der Waals surface area contributed by atoms with Crippen molar-refractivity contribution >= 4 is 23.5 Å². The van der Waals surface area contributed by atoms with Gasteiger partial charge in [-0.2, -0.15) is 0 Å². The minimum Gasteiger partial charge on any atom is -0.469 e. The number of carbonyl (C=O) groups is 2. The summed E-state index contributed by atoms with van der Waals surface area (Å²) in [6.45, 7) is 4.39. The van der Waals surface area contributed by atoms with Crippen LogP contribution in [0.1, 0.15) is 25.8 Å². The normalized spacial score (nSPS) is 10.4. The number of carbonyl (C=O) groups excluding carboxylic acids is 2. The van der Waals surface area contributed by atoms with E-state index in [1.807, 2.05) is 32.0 Å². The predicted molar refractivity (Wildman–Crippen MR) is 78.3 cm³/mol. The van der Waals surface area contributed by atoms with Crippen molar-refractivity contribution < 1.29 is 14.3 Å². The minimum absolute atomic E-state index is 0.00572. The zero-order chi connectivity index (χ0) is 15.1. The first-order chi connectivity index (χ1) is 9.45. The van der Waals surface area contributed by atoms with Gasteiger partial charge in [0.2, 0.25) is 5.91 Å². The molecule has 0 N–H and O–H groups in total. The Morgan fingerprint density at radius 1 is 1.30 bits per heavy atom. The molecule has 0 aliphatic carbocycles. The Morgan fingerprint density at radius 2 is 1.95 bits per heavy atom. The van der Waals surface area contributed by atoms with E-state index in [1.54, 1.807) is 11.0 Å². The molecule has 0 heterocycles. The summed E-state index contributed by atoms with van der Waals surface area (Å²) >= 11 is 6.11. The average molecular weight is 298 g/mol. The van der Waals surface area contributed by atoms with E-state index in [2.05, 4.69) is 4.74 Å². The summed E-state index contributed by atoms with van der Waals surface area (Å²) in [4.78, 5) is 25.1. The predicted octanol–water partition coefficient (Wildman–Crippen LogP) is 2.89. The highest BCUT2D eigenvalue weighted by molar-refractivity contribution is 6.31. The number of hydrogen-bond donors (Lipinski definition) is 0. The van der Waals surface area contributed by atoms with Crippen LogP contribution in [0.15, 0.2) is 24.3 Å². The first-order valence-electron chi connectivity index (χ1n) is 6.54. The van der Waals surface area contributed by atoms with Crippen LogP contribution in [0, 0.1) is 5.92 Å². The zero-order valence-corrected chi connectivity index (χ0v) is 12.8. The van der Waals surface area contributed by atoms with Crippen molar-refractivity contribution in [3.63, 3.8) is 0 Å². The van der Waals surface area contributed by atoms with Gasteiger partial charge in [0.25, 0.3) is 0 Å². The molecule has 1 aromatic carbocycles. The summed E-state index contributed by atoms with van der Waals surface area (Å²) in [5.41, 5.74) is 0.869. The summed E-state index contributed by atoms with van der Waals surface area (Å²) < 4.78 is 4.61. The van der Waals surface area contributed by atoms with Crippen LogP contribution in [0.2, 0.25) is 5.02 Å². The molecule has 0 bridgehead atoms. The number of rotatable bonds is 6. The highest BCUT2D eigenvalue weighted by atomic mass is 35.5. The van der Waals surface area contributed by atoms with E-state index in [0.29, 0.717) is 18.1 Å². The van der Waals surface area contributed by atoms with E-state index in [1.165, 1.54) is 7.11 Å². The molecule has 20 heavy (non-hydrogen) atoms. The van der Waals surface area contributed by atoms with Crippen LogP contribution in [-0.2, 0) is 20.9 Å².